The van der Waals surface area contributed by atoms with E-state index < -0.39 is 0 Å². The summed E-state index contributed by atoms with van der Waals surface area (Å²) in [6.45, 7) is 8.29. The van der Waals surface area contributed by atoms with Crippen molar-refractivity contribution in [2.75, 3.05) is 11.1 Å². The Morgan fingerprint density at radius 3 is 2.72 bits per heavy atom. The fraction of sp³-hybridized carbons (Fsp3) is 0.750. The van der Waals surface area contributed by atoms with Crippen LogP contribution in [0.4, 0.5) is 5.13 Å². The summed E-state index contributed by atoms with van der Waals surface area (Å²) in [7, 11) is 0. The number of carbonyl (C=O) groups excluding carboxylic acids is 1. The van der Waals surface area contributed by atoms with Gasteiger partial charge in [0.15, 0.2) is 4.34 Å². The third-order valence-corrected chi connectivity index (χ3v) is 4.13. The van der Waals surface area contributed by atoms with Gasteiger partial charge >= 0.3 is 0 Å². The molecule has 0 aromatic carbocycles. The van der Waals surface area contributed by atoms with Gasteiger partial charge in [0.1, 0.15) is 0 Å². The van der Waals surface area contributed by atoms with Crippen LogP contribution in [-0.2, 0) is 4.79 Å². The van der Waals surface area contributed by atoms with Crippen LogP contribution in [0.2, 0.25) is 0 Å². The molecule has 1 aromatic heterocycles. The summed E-state index contributed by atoms with van der Waals surface area (Å²) in [5.41, 5.74) is -0.00647. The first-order valence-electron chi connectivity index (χ1n) is 6.17. The van der Waals surface area contributed by atoms with Crippen molar-refractivity contribution in [2.45, 2.75) is 51.3 Å². The number of aromatic nitrogens is 2. The Kier molecular flexibility index (Phi) is 6.08. The van der Waals surface area contributed by atoms with Gasteiger partial charge in [-0.1, -0.05) is 57.2 Å². The topological polar surface area (TPSA) is 54.9 Å². The molecule has 1 amide bonds. The number of hydrogen-bond donors (Lipinski definition) is 1. The second-order valence-electron chi connectivity index (χ2n) is 5.36. The van der Waals surface area contributed by atoms with Gasteiger partial charge in [0.2, 0.25) is 11.0 Å². The van der Waals surface area contributed by atoms with Gasteiger partial charge in [-0.15, -0.1) is 10.2 Å². The average molecular weight is 287 g/mol. The fourth-order valence-corrected chi connectivity index (χ4v) is 3.19. The van der Waals surface area contributed by atoms with Gasteiger partial charge in [-0.3, -0.25) is 4.79 Å². The average Bonchev–Trinajstić information content (AvgIpc) is 2.63. The van der Waals surface area contributed by atoms with Crippen molar-refractivity contribution in [1.82, 2.24) is 10.2 Å². The van der Waals surface area contributed by atoms with Crippen molar-refractivity contribution in [3.63, 3.8) is 0 Å². The highest BCUT2D eigenvalue weighted by molar-refractivity contribution is 8.01. The van der Waals surface area contributed by atoms with E-state index >= 15 is 0 Å². The summed E-state index contributed by atoms with van der Waals surface area (Å²) in [6.07, 6.45) is 2.85. The first-order chi connectivity index (χ1) is 8.40. The Bertz CT molecular complexity index is 385. The Balaban J connectivity index is 2.41. The van der Waals surface area contributed by atoms with Crippen LogP contribution in [0.5, 0.6) is 0 Å². The zero-order chi connectivity index (χ0) is 13.6. The number of rotatable bonds is 6. The van der Waals surface area contributed by atoms with Crippen LogP contribution in [0.15, 0.2) is 4.34 Å². The predicted octanol–water partition coefficient (Wildman–Crippen LogP) is 3.81. The van der Waals surface area contributed by atoms with Crippen molar-refractivity contribution in [1.29, 1.82) is 0 Å². The zero-order valence-electron chi connectivity index (χ0n) is 11.4. The van der Waals surface area contributed by atoms with Gasteiger partial charge in [0.05, 0.1) is 0 Å². The molecule has 1 heterocycles. The molecule has 6 heteroatoms. The molecule has 0 saturated heterocycles. The van der Waals surface area contributed by atoms with E-state index in [0.717, 1.165) is 10.1 Å². The van der Waals surface area contributed by atoms with Gasteiger partial charge in [0.25, 0.3) is 0 Å². The second-order valence-corrected chi connectivity index (χ2v) is 7.68. The third-order valence-electron chi connectivity index (χ3n) is 2.07. The van der Waals surface area contributed by atoms with Crippen LogP contribution < -0.4 is 5.32 Å². The minimum atomic E-state index is -0.00647. The molecule has 0 saturated carbocycles. The van der Waals surface area contributed by atoms with Gasteiger partial charge in [-0.2, -0.15) is 0 Å². The Hall–Kier alpha value is -0.620. The maximum atomic E-state index is 11.7. The van der Waals surface area contributed by atoms with E-state index in [1.54, 1.807) is 11.8 Å². The lowest BCUT2D eigenvalue weighted by Crippen LogP contribution is -2.19. The number of anilines is 1. The van der Waals surface area contributed by atoms with Crippen LogP contribution >= 0.6 is 23.1 Å². The van der Waals surface area contributed by atoms with Gasteiger partial charge in [-0.05, 0) is 11.8 Å². The van der Waals surface area contributed by atoms with Crippen molar-refractivity contribution >= 4 is 34.1 Å². The first-order valence-corrected chi connectivity index (χ1v) is 7.97. The lowest BCUT2D eigenvalue weighted by atomic mass is 9.92. The number of nitrogens with one attached hydrogen (secondary N) is 1. The lowest BCUT2D eigenvalue weighted by molar-refractivity contribution is -0.117. The van der Waals surface area contributed by atoms with Crippen LogP contribution in [-0.4, -0.2) is 21.9 Å². The molecular formula is C12H21N3OS2. The smallest absolute Gasteiger partial charge is 0.226 e. The Morgan fingerprint density at radius 2 is 2.11 bits per heavy atom. The molecule has 0 aliphatic carbocycles. The lowest BCUT2D eigenvalue weighted by Gasteiger charge is -2.16. The highest BCUT2D eigenvalue weighted by Gasteiger charge is 2.17. The van der Waals surface area contributed by atoms with E-state index in [0.29, 0.717) is 11.6 Å². The highest BCUT2D eigenvalue weighted by atomic mass is 32.2. The largest absolute Gasteiger partial charge is 0.300 e. The minimum absolute atomic E-state index is 0.00348. The molecule has 1 N–H and O–H groups in total. The molecule has 0 spiro atoms. The van der Waals surface area contributed by atoms with Crippen molar-refractivity contribution in [3.8, 4) is 0 Å². The van der Waals surface area contributed by atoms with Crippen molar-refractivity contribution in [2.24, 2.45) is 5.41 Å². The summed E-state index contributed by atoms with van der Waals surface area (Å²) in [6, 6.07) is 0. The number of hydrogen-bond acceptors (Lipinski definition) is 5. The number of amides is 1. The summed E-state index contributed by atoms with van der Waals surface area (Å²) in [5.74, 6) is 1.06. The Labute approximate surface area is 117 Å². The molecule has 0 unspecified atom stereocenters. The van der Waals surface area contributed by atoms with E-state index in [9.17, 15) is 4.79 Å². The molecule has 0 aliphatic rings. The molecule has 1 aromatic rings. The van der Waals surface area contributed by atoms with E-state index in [4.69, 9.17) is 0 Å². The standard InChI is InChI=1S/C12H21N3OS2/c1-5-6-7-17-11-15-14-10(18-11)13-9(16)8-12(2,3)4/h5-8H2,1-4H3,(H,13,14,16). The van der Waals surface area contributed by atoms with E-state index in [1.165, 1.54) is 24.2 Å². The number of nitrogens with zero attached hydrogens (tertiary/aromatic N) is 2. The van der Waals surface area contributed by atoms with E-state index in [-0.39, 0.29) is 11.3 Å². The van der Waals surface area contributed by atoms with Gasteiger partial charge < -0.3 is 5.32 Å². The third kappa shape index (κ3) is 6.35. The maximum absolute atomic E-state index is 11.7. The molecule has 4 nitrogen and oxygen atoms in total. The maximum Gasteiger partial charge on any atom is 0.226 e. The van der Waals surface area contributed by atoms with Crippen LogP contribution in [0.1, 0.15) is 47.0 Å². The molecule has 1 rings (SSSR count). The predicted molar refractivity (Wildman–Crippen MR) is 78.2 cm³/mol. The summed E-state index contributed by atoms with van der Waals surface area (Å²) in [4.78, 5) is 11.7. The monoisotopic (exact) mass is 287 g/mol. The molecule has 0 atom stereocenters. The summed E-state index contributed by atoms with van der Waals surface area (Å²) < 4.78 is 0.925. The number of carbonyl (C=O) groups is 1. The number of unbranched alkanes of at least 4 members (excludes halogenated alkanes) is 1. The van der Waals surface area contributed by atoms with E-state index in [2.05, 4.69) is 22.4 Å². The fourth-order valence-electron chi connectivity index (χ4n) is 1.27. The van der Waals surface area contributed by atoms with Gasteiger partial charge in [0, 0.05) is 12.2 Å². The van der Waals surface area contributed by atoms with Crippen LogP contribution in [0.25, 0.3) is 0 Å². The molecule has 0 fully saturated rings. The van der Waals surface area contributed by atoms with Crippen LogP contribution in [0, 0.1) is 5.41 Å². The SMILES string of the molecule is CCCCSc1nnc(NC(=O)CC(C)(C)C)s1. The quantitative estimate of drug-likeness (QED) is 0.491. The molecule has 0 radical (unpaired) electrons. The molecule has 102 valence electrons. The Morgan fingerprint density at radius 1 is 1.39 bits per heavy atom. The first kappa shape index (κ1) is 15.4. The summed E-state index contributed by atoms with van der Waals surface area (Å²) in [5, 5.41) is 11.4. The van der Waals surface area contributed by atoms with Crippen molar-refractivity contribution < 1.29 is 4.79 Å². The van der Waals surface area contributed by atoms with Crippen LogP contribution in [0.3, 0.4) is 0 Å². The highest BCUT2D eigenvalue weighted by Crippen LogP contribution is 2.27. The molecular weight excluding hydrogens is 266 g/mol. The number of thioether (sulfide) groups is 1. The van der Waals surface area contributed by atoms with E-state index in [1.807, 2.05) is 20.8 Å². The van der Waals surface area contributed by atoms with Gasteiger partial charge in [-0.25, -0.2) is 0 Å². The second kappa shape index (κ2) is 7.09. The summed E-state index contributed by atoms with van der Waals surface area (Å²) >= 11 is 3.15. The zero-order valence-corrected chi connectivity index (χ0v) is 13.1. The molecule has 0 bridgehead atoms. The van der Waals surface area contributed by atoms with Crippen molar-refractivity contribution in [3.05, 3.63) is 0 Å². The molecule has 0 aliphatic heterocycles. The molecule has 18 heavy (non-hydrogen) atoms. The minimum Gasteiger partial charge on any atom is -0.300 e. The normalized spacial score (nSPS) is 11.6.